The summed E-state index contributed by atoms with van der Waals surface area (Å²) in [4.78, 5) is 29.3. The van der Waals surface area contributed by atoms with Gasteiger partial charge >= 0.3 is 0 Å². The van der Waals surface area contributed by atoms with Gasteiger partial charge < -0.3 is 15.1 Å². The first-order valence-electron chi connectivity index (χ1n) is 11.2. The Morgan fingerprint density at radius 3 is 2.19 bits per heavy atom. The quantitative estimate of drug-likeness (QED) is 0.815. The predicted molar refractivity (Wildman–Crippen MR) is 120 cm³/mol. The van der Waals surface area contributed by atoms with E-state index in [4.69, 9.17) is 0 Å². The molecular formula is C25H30FN3O2. The molecule has 0 aromatic heterocycles. The molecule has 4 rings (SSSR count). The number of anilines is 1. The molecule has 0 atom stereocenters. The van der Waals surface area contributed by atoms with E-state index in [2.05, 4.69) is 5.32 Å². The highest BCUT2D eigenvalue weighted by atomic mass is 19.1. The third-order valence-electron chi connectivity index (χ3n) is 6.49. The molecule has 164 valence electrons. The largest absolute Gasteiger partial charge is 0.369 e. The minimum atomic E-state index is -0.197. The first kappa shape index (κ1) is 21.3. The molecule has 0 spiro atoms. The highest BCUT2D eigenvalue weighted by molar-refractivity contribution is 5.94. The number of para-hydroxylation sites is 1. The fourth-order valence-corrected chi connectivity index (χ4v) is 4.52. The van der Waals surface area contributed by atoms with Crippen molar-refractivity contribution in [1.82, 2.24) is 10.2 Å². The van der Waals surface area contributed by atoms with Gasteiger partial charge in [-0.2, -0.15) is 0 Å². The van der Waals surface area contributed by atoms with Gasteiger partial charge in [0.2, 0.25) is 5.91 Å². The summed E-state index contributed by atoms with van der Waals surface area (Å²) in [5.74, 6) is -0.116. The summed E-state index contributed by atoms with van der Waals surface area (Å²) < 4.78 is 14.0. The summed E-state index contributed by atoms with van der Waals surface area (Å²) >= 11 is 0. The highest BCUT2D eigenvalue weighted by Crippen LogP contribution is 2.24. The van der Waals surface area contributed by atoms with Crippen molar-refractivity contribution < 1.29 is 14.0 Å². The van der Waals surface area contributed by atoms with Crippen LogP contribution in [0.4, 0.5) is 10.1 Å². The number of nitrogens with one attached hydrogen (secondary N) is 1. The van der Waals surface area contributed by atoms with E-state index in [1.54, 1.807) is 12.1 Å². The van der Waals surface area contributed by atoms with Crippen LogP contribution in [-0.4, -0.2) is 48.9 Å². The first-order chi connectivity index (χ1) is 15.0. The van der Waals surface area contributed by atoms with E-state index in [1.165, 1.54) is 6.07 Å². The van der Waals surface area contributed by atoms with Gasteiger partial charge in [0.1, 0.15) is 5.82 Å². The molecule has 31 heavy (non-hydrogen) atoms. The van der Waals surface area contributed by atoms with Crippen molar-refractivity contribution in [3.05, 3.63) is 65.5 Å². The molecule has 2 fully saturated rings. The highest BCUT2D eigenvalue weighted by Gasteiger charge is 2.30. The molecule has 0 aliphatic carbocycles. The number of benzene rings is 2. The Kier molecular flexibility index (Phi) is 6.54. The van der Waals surface area contributed by atoms with Crippen molar-refractivity contribution in [1.29, 1.82) is 0 Å². The summed E-state index contributed by atoms with van der Waals surface area (Å²) in [5.41, 5.74) is 2.47. The number of hydrogen-bond donors (Lipinski definition) is 1. The fourth-order valence-electron chi connectivity index (χ4n) is 4.52. The lowest BCUT2D eigenvalue weighted by Gasteiger charge is -2.36. The Labute approximate surface area is 183 Å². The van der Waals surface area contributed by atoms with Crippen LogP contribution in [0.15, 0.2) is 48.5 Å². The SMILES string of the molecule is Cc1ccc(C(=O)N2CCC(C(=O)NC3CCN(c4ccccc4F)CC3)CC2)cc1. The number of hydrogen-bond acceptors (Lipinski definition) is 3. The average molecular weight is 424 g/mol. The van der Waals surface area contributed by atoms with Gasteiger partial charge in [-0.3, -0.25) is 9.59 Å². The molecule has 2 saturated heterocycles. The minimum Gasteiger partial charge on any atom is -0.369 e. The molecule has 2 heterocycles. The number of likely N-dealkylation sites (tertiary alicyclic amines) is 1. The zero-order valence-corrected chi connectivity index (χ0v) is 18.0. The summed E-state index contributed by atoms with van der Waals surface area (Å²) in [6.45, 7) is 4.68. The lowest BCUT2D eigenvalue weighted by atomic mass is 9.94. The first-order valence-corrected chi connectivity index (χ1v) is 11.2. The molecule has 0 bridgehead atoms. The maximum atomic E-state index is 14.0. The van der Waals surface area contributed by atoms with Crippen molar-refractivity contribution in [3.63, 3.8) is 0 Å². The van der Waals surface area contributed by atoms with Crippen molar-refractivity contribution in [2.45, 2.75) is 38.6 Å². The lowest BCUT2D eigenvalue weighted by molar-refractivity contribution is -0.127. The number of aryl methyl sites for hydroxylation is 1. The van der Waals surface area contributed by atoms with E-state index in [0.717, 1.165) is 31.5 Å². The second kappa shape index (κ2) is 9.50. The van der Waals surface area contributed by atoms with E-state index >= 15 is 0 Å². The Morgan fingerprint density at radius 1 is 0.903 bits per heavy atom. The lowest BCUT2D eigenvalue weighted by Crippen LogP contribution is -2.48. The van der Waals surface area contributed by atoms with Gasteiger partial charge in [0, 0.05) is 43.7 Å². The molecule has 2 aliphatic rings. The maximum Gasteiger partial charge on any atom is 0.253 e. The van der Waals surface area contributed by atoms with Gasteiger partial charge in [-0.1, -0.05) is 29.8 Å². The Balaban J connectivity index is 1.23. The Hall–Kier alpha value is -2.89. The molecular weight excluding hydrogens is 393 g/mol. The van der Waals surface area contributed by atoms with E-state index in [1.807, 2.05) is 47.1 Å². The van der Waals surface area contributed by atoms with Crippen LogP contribution < -0.4 is 10.2 Å². The zero-order valence-electron chi connectivity index (χ0n) is 18.0. The minimum absolute atomic E-state index is 0.0411. The van der Waals surface area contributed by atoms with Gasteiger partial charge in [-0.05, 0) is 56.9 Å². The smallest absolute Gasteiger partial charge is 0.253 e. The summed E-state index contributed by atoms with van der Waals surface area (Å²) in [6, 6.07) is 14.6. The molecule has 0 unspecified atom stereocenters. The number of carbonyl (C=O) groups excluding carboxylic acids is 2. The number of rotatable bonds is 4. The topological polar surface area (TPSA) is 52.7 Å². The van der Waals surface area contributed by atoms with E-state index in [9.17, 15) is 14.0 Å². The van der Waals surface area contributed by atoms with Crippen molar-refractivity contribution in [2.24, 2.45) is 5.92 Å². The second-order valence-corrected chi connectivity index (χ2v) is 8.65. The summed E-state index contributed by atoms with van der Waals surface area (Å²) in [6.07, 6.45) is 3.00. The second-order valence-electron chi connectivity index (χ2n) is 8.65. The maximum absolute atomic E-state index is 14.0. The molecule has 6 heteroatoms. The van der Waals surface area contributed by atoms with Crippen LogP contribution in [0.25, 0.3) is 0 Å². The van der Waals surface area contributed by atoms with Crippen molar-refractivity contribution in [2.75, 3.05) is 31.1 Å². The van der Waals surface area contributed by atoms with Crippen molar-refractivity contribution in [3.8, 4) is 0 Å². The van der Waals surface area contributed by atoms with Gasteiger partial charge in [0.05, 0.1) is 5.69 Å². The van der Waals surface area contributed by atoms with Crippen LogP contribution in [0.5, 0.6) is 0 Å². The van der Waals surface area contributed by atoms with E-state index in [-0.39, 0.29) is 29.6 Å². The molecule has 2 aliphatic heterocycles. The number of halogens is 1. The van der Waals surface area contributed by atoms with Crippen LogP contribution in [0.3, 0.4) is 0 Å². The molecule has 0 saturated carbocycles. The monoisotopic (exact) mass is 423 g/mol. The standard InChI is InChI=1S/C25H30FN3O2/c1-18-6-8-20(9-7-18)25(31)29-14-10-19(11-15-29)24(30)27-21-12-16-28(17-13-21)23-5-3-2-4-22(23)26/h2-9,19,21H,10-17H2,1H3,(H,27,30). The van der Waals surface area contributed by atoms with Gasteiger partial charge in [0.25, 0.3) is 5.91 Å². The molecule has 0 radical (unpaired) electrons. The molecule has 1 N–H and O–H groups in total. The Bertz CT molecular complexity index is 915. The summed E-state index contributed by atoms with van der Waals surface area (Å²) in [5, 5.41) is 3.19. The van der Waals surface area contributed by atoms with Crippen LogP contribution in [-0.2, 0) is 4.79 Å². The average Bonchev–Trinajstić information content (AvgIpc) is 2.80. The van der Waals surface area contributed by atoms with Crippen LogP contribution in [0.2, 0.25) is 0 Å². The van der Waals surface area contributed by atoms with Crippen LogP contribution in [0.1, 0.15) is 41.6 Å². The molecule has 2 aromatic rings. The van der Waals surface area contributed by atoms with E-state index < -0.39 is 0 Å². The third kappa shape index (κ3) is 5.06. The van der Waals surface area contributed by atoms with Crippen LogP contribution >= 0.6 is 0 Å². The number of carbonyl (C=O) groups is 2. The molecule has 2 aromatic carbocycles. The van der Waals surface area contributed by atoms with Crippen molar-refractivity contribution >= 4 is 17.5 Å². The zero-order chi connectivity index (χ0) is 21.8. The fraction of sp³-hybridized carbons (Fsp3) is 0.440. The normalized spacial score (nSPS) is 18.1. The van der Waals surface area contributed by atoms with Gasteiger partial charge in [0.15, 0.2) is 0 Å². The van der Waals surface area contributed by atoms with Gasteiger partial charge in [-0.25, -0.2) is 4.39 Å². The number of piperidine rings is 2. The van der Waals surface area contributed by atoms with Crippen LogP contribution in [0, 0.1) is 18.7 Å². The number of amides is 2. The predicted octanol–water partition coefficient (Wildman–Crippen LogP) is 3.77. The Morgan fingerprint density at radius 2 is 1.55 bits per heavy atom. The molecule has 5 nitrogen and oxygen atoms in total. The summed E-state index contributed by atoms with van der Waals surface area (Å²) in [7, 11) is 0. The third-order valence-corrected chi connectivity index (χ3v) is 6.49. The number of nitrogens with zero attached hydrogens (tertiary/aromatic N) is 2. The molecule has 2 amide bonds. The van der Waals surface area contributed by atoms with Gasteiger partial charge in [-0.15, -0.1) is 0 Å². The van der Waals surface area contributed by atoms with E-state index in [0.29, 0.717) is 37.2 Å².